The molecule has 2 aliphatic rings. The largest absolute Gasteiger partial charge is 0.466 e. The molecule has 2 heterocycles. The standard InChI is InChI=1S/C20H39N5O2/c1-4-21-20(25-14-6-9-18(17-25)19(26)27-5-2)22-10-7-12-24-13-8-11-23(3)15-16-24/h18H,4-17H2,1-3H3,(H,21,22). The Hall–Kier alpha value is -1.34. The van der Waals surface area contributed by atoms with Crippen LogP contribution in [0.15, 0.2) is 4.99 Å². The summed E-state index contributed by atoms with van der Waals surface area (Å²) in [7, 11) is 2.21. The molecule has 0 bridgehead atoms. The number of piperidine rings is 1. The van der Waals surface area contributed by atoms with Gasteiger partial charge in [-0.3, -0.25) is 9.79 Å². The Morgan fingerprint density at radius 3 is 2.78 bits per heavy atom. The van der Waals surface area contributed by atoms with Gasteiger partial charge in [0, 0.05) is 39.3 Å². The highest BCUT2D eigenvalue weighted by molar-refractivity contribution is 5.81. The number of nitrogens with zero attached hydrogens (tertiary/aromatic N) is 4. The Morgan fingerprint density at radius 2 is 2.00 bits per heavy atom. The molecule has 0 saturated carbocycles. The predicted octanol–water partition coefficient (Wildman–Crippen LogP) is 1.25. The van der Waals surface area contributed by atoms with Gasteiger partial charge in [-0.25, -0.2) is 0 Å². The number of hydrogen-bond donors (Lipinski definition) is 1. The normalized spacial score (nSPS) is 23.1. The van der Waals surface area contributed by atoms with Crippen LogP contribution in [0.4, 0.5) is 0 Å². The van der Waals surface area contributed by atoms with Crippen LogP contribution in [-0.2, 0) is 9.53 Å². The number of carbonyl (C=O) groups excluding carboxylic acids is 1. The van der Waals surface area contributed by atoms with Crippen molar-refractivity contribution in [1.29, 1.82) is 0 Å². The van der Waals surface area contributed by atoms with E-state index in [0.717, 1.165) is 64.5 Å². The van der Waals surface area contributed by atoms with E-state index in [1.54, 1.807) is 0 Å². The highest BCUT2D eigenvalue weighted by Gasteiger charge is 2.28. The third-order valence-corrected chi connectivity index (χ3v) is 5.38. The number of hydrogen-bond acceptors (Lipinski definition) is 5. The molecule has 2 fully saturated rings. The van der Waals surface area contributed by atoms with Crippen molar-refractivity contribution in [3.05, 3.63) is 0 Å². The minimum Gasteiger partial charge on any atom is -0.466 e. The lowest BCUT2D eigenvalue weighted by Gasteiger charge is -2.34. The van der Waals surface area contributed by atoms with Crippen LogP contribution in [-0.4, -0.2) is 99.2 Å². The molecule has 2 rings (SSSR count). The van der Waals surface area contributed by atoms with Crippen molar-refractivity contribution in [2.45, 2.75) is 39.5 Å². The minimum absolute atomic E-state index is 0.0309. The summed E-state index contributed by atoms with van der Waals surface area (Å²) < 4.78 is 5.22. The first kappa shape index (κ1) is 22.0. The molecular weight excluding hydrogens is 342 g/mol. The van der Waals surface area contributed by atoms with Gasteiger partial charge in [-0.05, 0) is 66.2 Å². The molecule has 2 aliphatic heterocycles. The fourth-order valence-electron chi connectivity index (χ4n) is 3.85. The van der Waals surface area contributed by atoms with Crippen molar-refractivity contribution < 1.29 is 9.53 Å². The van der Waals surface area contributed by atoms with Crippen LogP contribution < -0.4 is 5.32 Å². The lowest BCUT2D eigenvalue weighted by Crippen LogP contribution is -2.48. The minimum atomic E-state index is -0.0656. The monoisotopic (exact) mass is 381 g/mol. The number of carbonyl (C=O) groups is 1. The van der Waals surface area contributed by atoms with Gasteiger partial charge in [-0.15, -0.1) is 0 Å². The zero-order valence-electron chi connectivity index (χ0n) is 17.6. The molecule has 0 aromatic rings. The second-order valence-electron chi connectivity index (χ2n) is 7.62. The summed E-state index contributed by atoms with van der Waals surface area (Å²) in [6, 6.07) is 0. The quantitative estimate of drug-likeness (QED) is 0.310. The topological polar surface area (TPSA) is 60.4 Å². The first-order valence-electron chi connectivity index (χ1n) is 10.7. The number of ether oxygens (including phenoxy) is 1. The van der Waals surface area contributed by atoms with E-state index in [2.05, 4.69) is 34.0 Å². The van der Waals surface area contributed by atoms with Gasteiger partial charge in [0.05, 0.1) is 12.5 Å². The molecule has 0 amide bonds. The lowest BCUT2D eigenvalue weighted by atomic mass is 9.98. The van der Waals surface area contributed by atoms with E-state index >= 15 is 0 Å². The van der Waals surface area contributed by atoms with E-state index in [0.29, 0.717) is 13.2 Å². The number of rotatable bonds is 7. The van der Waals surface area contributed by atoms with Gasteiger partial charge in [0.25, 0.3) is 0 Å². The average Bonchev–Trinajstić information content (AvgIpc) is 2.89. The van der Waals surface area contributed by atoms with Crippen molar-refractivity contribution in [1.82, 2.24) is 20.0 Å². The van der Waals surface area contributed by atoms with Crippen LogP contribution >= 0.6 is 0 Å². The number of guanidine groups is 1. The number of nitrogens with one attached hydrogen (secondary N) is 1. The van der Waals surface area contributed by atoms with Crippen molar-refractivity contribution in [3.63, 3.8) is 0 Å². The summed E-state index contributed by atoms with van der Waals surface area (Å²) in [6.07, 6.45) is 4.26. The van der Waals surface area contributed by atoms with Crippen molar-refractivity contribution >= 4 is 11.9 Å². The van der Waals surface area contributed by atoms with Crippen molar-refractivity contribution in [3.8, 4) is 0 Å². The molecule has 0 aromatic heterocycles. The summed E-state index contributed by atoms with van der Waals surface area (Å²) in [4.78, 5) is 24.1. The number of likely N-dealkylation sites (N-methyl/N-ethyl adjacent to an activating group) is 1. The van der Waals surface area contributed by atoms with Crippen LogP contribution in [0.1, 0.15) is 39.5 Å². The first-order chi connectivity index (χ1) is 13.1. The van der Waals surface area contributed by atoms with Gasteiger partial charge in [0.2, 0.25) is 0 Å². The van der Waals surface area contributed by atoms with E-state index in [1.807, 2.05) is 6.92 Å². The zero-order valence-corrected chi connectivity index (χ0v) is 17.6. The fourth-order valence-corrected chi connectivity index (χ4v) is 3.85. The van der Waals surface area contributed by atoms with E-state index in [1.165, 1.54) is 19.5 Å². The van der Waals surface area contributed by atoms with Crippen LogP contribution in [0, 0.1) is 5.92 Å². The SMILES string of the molecule is CCNC(=NCCCN1CCCN(C)CC1)N1CCCC(C(=O)OCC)C1. The van der Waals surface area contributed by atoms with Crippen LogP contribution in [0.25, 0.3) is 0 Å². The molecule has 156 valence electrons. The predicted molar refractivity (Wildman–Crippen MR) is 110 cm³/mol. The van der Waals surface area contributed by atoms with E-state index < -0.39 is 0 Å². The Balaban J connectivity index is 1.81. The second-order valence-corrected chi connectivity index (χ2v) is 7.62. The molecule has 2 saturated heterocycles. The molecule has 0 spiro atoms. The molecule has 1 atom stereocenters. The summed E-state index contributed by atoms with van der Waals surface area (Å²) in [5.74, 6) is 0.850. The molecule has 7 heteroatoms. The molecule has 1 unspecified atom stereocenters. The molecule has 0 aromatic carbocycles. The second kappa shape index (κ2) is 12.2. The van der Waals surface area contributed by atoms with Gasteiger partial charge < -0.3 is 24.8 Å². The number of esters is 1. The van der Waals surface area contributed by atoms with E-state index in [4.69, 9.17) is 9.73 Å². The molecule has 0 radical (unpaired) electrons. The van der Waals surface area contributed by atoms with E-state index in [-0.39, 0.29) is 11.9 Å². The van der Waals surface area contributed by atoms with E-state index in [9.17, 15) is 4.79 Å². The summed E-state index contributed by atoms with van der Waals surface area (Å²) in [6.45, 7) is 13.6. The Bertz CT molecular complexity index is 471. The lowest BCUT2D eigenvalue weighted by molar-refractivity contribution is -0.149. The Labute approximate surface area is 165 Å². The Morgan fingerprint density at radius 1 is 1.15 bits per heavy atom. The molecule has 0 aliphatic carbocycles. The average molecular weight is 382 g/mol. The van der Waals surface area contributed by atoms with Gasteiger partial charge >= 0.3 is 5.97 Å². The van der Waals surface area contributed by atoms with Gasteiger partial charge in [-0.1, -0.05) is 0 Å². The van der Waals surface area contributed by atoms with Crippen LogP contribution in [0.5, 0.6) is 0 Å². The van der Waals surface area contributed by atoms with Crippen molar-refractivity contribution in [2.75, 3.05) is 72.6 Å². The summed E-state index contributed by atoms with van der Waals surface area (Å²) >= 11 is 0. The highest BCUT2D eigenvalue weighted by Crippen LogP contribution is 2.18. The van der Waals surface area contributed by atoms with Crippen LogP contribution in [0.2, 0.25) is 0 Å². The van der Waals surface area contributed by atoms with Crippen molar-refractivity contribution in [2.24, 2.45) is 10.9 Å². The van der Waals surface area contributed by atoms with Gasteiger partial charge in [0.15, 0.2) is 5.96 Å². The highest BCUT2D eigenvalue weighted by atomic mass is 16.5. The number of likely N-dealkylation sites (tertiary alicyclic amines) is 1. The molecular formula is C20H39N5O2. The fraction of sp³-hybridized carbons (Fsp3) is 0.900. The smallest absolute Gasteiger partial charge is 0.310 e. The summed E-state index contributed by atoms with van der Waals surface area (Å²) in [5, 5.41) is 3.40. The number of aliphatic imine (C=N–C) groups is 1. The third kappa shape index (κ3) is 7.66. The maximum absolute atomic E-state index is 12.1. The molecule has 1 N–H and O–H groups in total. The summed E-state index contributed by atoms with van der Waals surface area (Å²) in [5.41, 5.74) is 0. The molecule has 7 nitrogen and oxygen atoms in total. The Kier molecular flexibility index (Phi) is 9.91. The maximum atomic E-state index is 12.1. The zero-order chi connectivity index (χ0) is 19.5. The van der Waals surface area contributed by atoms with Gasteiger partial charge in [0.1, 0.15) is 0 Å². The first-order valence-corrected chi connectivity index (χ1v) is 10.7. The van der Waals surface area contributed by atoms with Gasteiger partial charge in [-0.2, -0.15) is 0 Å². The third-order valence-electron chi connectivity index (χ3n) is 5.38. The molecule has 27 heavy (non-hydrogen) atoms. The maximum Gasteiger partial charge on any atom is 0.310 e. The van der Waals surface area contributed by atoms with Crippen LogP contribution in [0.3, 0.4) is 0 Å².